The highest BCUT2D eigenvalue weighted by Crippen LogP contribution is 2.35. The number of hydrogen-bond acceptors (Lipinski definition) is 5. The second-order valence-electron chi connectivity index (χ2n) is 4.96. The Kier molecular flexibility index (Phi) is 5.86. The average Bonchev–Trinajstić information content (AvgIpc) is 3.07. The highest BCUT2D eigenvalue weighted by molar-refractivity contribution is 7.89. The molecule has 5 nitrogen and oxygen atoms in total. The first-order chi connectivity index (χ1) is 11.6. The van der Waals surface area contributed by atoms with Crippen LogP contribution in [0.2, 0.25) is 0 Å². The van der Waals surface area contributed by atoms with E-state index in [0.717, 1.165) is 19.2 Å². The topological polar surface area (TPSA) is 72.5 Å². The molecule has 0 aliphatic carbocycles. The van der Waals surface area contributed by atoms with Gasteiger partial charge in [0.15, 0.2) is 0 Å². The molecule has 136 valence electrons. The van der Waals surface area contributed by atoms with Gasteiger partial charge < -0.3 is 4.74 Å². The summed E-state index contributed by atoms with van der Waals surface area (Å²) in [7, 11) is -3.38. The van der Waals surface area contributed by atoms with Gasteiger partial charge in [0.05, 0.1) is 30.0 Å². The summed E-state index contributed by atoms with van der Waals surface area (Å²) in [6.07, 6.45) is -5.17. The monoisotopic (exact) mass is 393 g/mol. The third kappa shape index (κ3) is 4.80. The first-order valence-electron chi connectivity index (χ1n) is 6.94. The molecule has 0 spiro atoms. The number of methoxy groups -OCH3 is 1. The Hall–Kier alpha value is -1.91. The van der Waals surface area contributed by atoms with Crippen molar-refractivity contribution in [2.75, 3.05) is 7.11 Å². The normalized spacial score (nSPS) is 13.4. The van der Waals surface area contributed by atoms with E-state index in [9.17, 15) is 26.4 Å². The molecule has 1 heterocycles. The molecule has 10 heteroatoms. The van der Waals surface area contributed by atoms with Crippen molar-refractivity contribution in [3.8, 4) is 0 Å². The Morgan fingerprint density at radius 1 is 1.24 bits per heavy atom. The van der Waals surface area contributed by atoms with Gasteiger partial charge in [0.25, 0.3) is 0 Å². The van der Waals surface area contributed by atoms with Crippen LogP contribution in [-0.4, -0.2) is 21.5 Å². The van der Waals surface area contributed by atoms with Crippen LogP contribution in [0.15, 0.2) is 46.7 Å². The highest BCUT2D eigenvalue weighted by Gasteiger charge is 2.37. The van der Waals surface area contributed by atoms with Crippen molar-refractivity contribution < 1.29 is 31.1 Å². The minimum atomic E-state index is -4.83. The molecule has 0 amide bonds. The van der Waals surface area contributed by atoms with Gasteiger partial charge in [-0.05, 0) is 23.6 Å². The summed E-state index contributed by atoms with van der Waals surface area (Å²) in [4.78, 5) is 11.1. The maximum Gasteiger partial charge on any atom is 0.417 e. The van der Waals surface area contributed by atoms with E-state index < -0.39 is 38.7 Å². The summed E-state index contributed by atoms with van der Waals surface area (Å²) in [5.74, 6) is -0.690. The van der Waals surface area contributed by atoms with Gasteiger partial charge in [-0.1, -0.05) is 18.2 Å². The third-order valence-electron chi connectivity index (χ3n) is 3.26. The molecule has 0 saturated carbocycles. The van der Waals surface area contributed by atoms with Crippen LogP contribution < -0.4 is 4.72 Å². The van der Waals surface area contributed by atoms with Gasteiger partial charge in [-0.2, -0.15) is 13.2 Å². The van der Waals surface area contributed by atoms with Crippen molar-refractivity contribution in [3.63, 3.8) is 0 Å². The molecule has 0 radical (unpaired) electrons. The molecule has 0 saturated heterocycles. The van der Waals surface area contributed by atoms with Crippen LogP contribution in [0.1, 0.15) is 22.9 Å². The standard InChI is InChI=1S/C15H14F3NO4S2/c1-23-14(20)9-11(12-6-4-8-24-12)19-25(21,22)13-7-3-2-5-10(13)15(16,17)18/h2-8,11,19H,9H2,1H3. The molecule has 0 aliphatic rings. The van der Waals surface area contributed by atoms with Gasteiger partial charge in [-0.25, -0.2) is 13.1 Å². The third-order valence-corrected chi connectivity index (χ3v) is 5.78. The second kappa shape index (κ2) is 7.54. The molecular weight excluding hydrogens is 379 g/mol. The Balaban J connectivity index is 2.40. The minimum absolute atomic E-state index is 0.343. The zero-order chi connectivity index (χ0) is 18.7. The molecule has 0 aliphatic heterocycles. The summed E-state index contributed by atoms with van der Waals surface area (Å²) in [6, 6.07) is 6.05. The van der Waals surface area contributed by atoms with Crippen molar-refractivity contribution in [3.05, 3.63) is 52.2 Å². The molecule has 0 bridgehead atoms. The lowest BCUT2D eigenvalue weighted by atomic mass is 10.2. The SMILES string of the molecule is COC(=O)CC(NS(=O)(=O)c1ccccc1C(F)(F)F)c1cccs1. The fraction of sp³-hybridized carbons (Fsp3) is 0.267. The maximum absolute atomic E-state index is 13.1. The largest absolute Gasteiger partial charge is 0.469 e. The lowest BCUT2D eigenvalue weighted by Gasteiger charge is -2.19. The van der Waals surface area contributed by atoms with Gasteiger partial charge in [-0.15, -0.1) is 11.3 Å². The van der Waals surface area contributed by atoms with Crippen LogP contribution in [-0.2, 0) is 25.7 Å². The van der Waals surface area contributed by atoms with E-state index in [1.165, 1.54) is 17.4 Å². The number of halogens is 3. The maximum atomic E-state index is 13.1. The summed E-state index contributed by atoms with van der Waals surface area (Å²) in [6.45, 7) is 0. The lowest BCUT2D eigenvalue weighted by molar-refractivity contribution is -0.141. The van der Waals surface area contributed by atoms with E-state index in [0.29, 0.717) is 10.9 Å². The quantitative estimate of drug-likeness (QED) is 0.764. The van der Waals surface area contributed by atoms with Crippen LogP contribution in [0.3, 0.4) is 0 Å². The van der Waals surface area contributed by atoms with E-state index in [1.54, 1.807) is 17.5 Å². The molecule has 1 aromatic heterocycles. The van der Waals surface area contributed by atoms with Crippen molar-refractivity contribution in [1.82, 2.24) is 4.72 Å². The number of carbonyl (C=O) groups is 1. The number of ether oxygens (including phenoxy) is 1. The summed E-state index contributed by atoms with van der Waals surface area (Å²) < 4.78 is 71.0. The Morgan fingerprint density at radius 2 is 1.92 bits per heavy atom. The zero-order valence-electron chi connectivity index (χ0n) is 12.9. The number of benzene rings is 1. The Morgan fingerprint density at radius 3 is 2.48 bits per heavy atom. The van der Waals surface area contributed by atoms with Crippen molar-refractivity contribution in [1.29, 1.82) is 0 Å². The molecule has 2 rings (SSSR count). The number of alkyl halides is 3. The van der Waals surface area contributed by atoms with E-state index in [2.05, 4.69) is 9.46 Å². The number of rotatable bonds is 6. The average molecular weight is 393 g/mol. The number of thiophene rings is 1. The van der Waals surface area contributed by atoms with Gasteiger partial charge >= 0.3 is 12.1 Å². The van der Waals surface area contributed by atoms with Crippen LogP contribution >= 0.6 is 11.3 Å². The molecule has 1 N–H and O–H groups in total. The highest BCUT2D eigenvalue weighted by atomic mass is 32.2. The van der Waals surface area contributed by atoms with E-state index in [4.69, 9.17) is 0 Å². The molecule has 1 atom stereocenters. The zero-order valence-corrected chi connectivity index (χ0v) is 14.5. The van der Waals surface area contributed by atoms with Gasteiger partial charge in [-0.3, -0.25) is 4.79 Å². The summed E-state index contributed by atoms with van der Waals surface area (Å²) in [5, 5.41) is 1.66. The fourth-order valence-electron chi connectivity index (χ4n) is 2.13. The lowest BCUT2D eigenvalue weighted by Crippen LogP contribution is -2.31. The number of esters is 1. The van der Waals surface area contributed by atoms with E-state index in [-0.39, 0.29) is 6.42 Å². The predicted octanol–water partition coefficient (Wildman–Crippen LogP) is 3.35. The molecule has 1 unspecified atom stereocenters. The van der Waals surface area contributed by atoms with Crippen LogP contribution in [0.25, 0.3) is 0 Å². The van der Waals surface area contributed by atoms with Crippen molar-refractivity contribution >= 4 is 27.3 Å². The van der Waals surface area contributed by atoms with Crippen molar-refractivity contribution in [2.24, 2.45) is 0 Å². The first-order valence-corrected chi connectivity index (χ1v) is 9.30. The van der Waals surface area contributed by atoms with E-state index in [1.807, 2.05) is 0 Å². The van der Waals surface area contributed by atoms with Crippen LogP contribution in [0.5, 0.6) is 0 Å². The second-order valence-corrected chi connectivity index (χ2v) is 7.63. The van der Waals surface area contributed by atoms with E-state index >= 15 is 0 Å². The molecule has 1 aromatic carbocycles. The summed E-state index contributed by atoms with van der Waals surface area (Å²) >= 11 is 1.17. The number of nitrogens with one attached hydrogen (secondary N) is 1. The van der Waals surface area contributed by atoms with Gasteiger partial charge in [0, 0.05) is 4.88 Å². The smallest absolute Gasteiger partial charge is 0.417 e. The van der Waals surface area contributed by atoms with Gasteiger partial charge in [0.1, 0.15) is 0 Å². The van der Waals surface area contributed by atoms with Crippen molar-refractivity contribution in [2.45, 2.75) is 23.5 Å². The minimum Gasteiger partial charge on any atom is -0.469 e. The molecule has 25 heavy (non-hydrogen) atoms. The van der Waals surface area contributed by atoms with Crippen LogP contribution in [0, 0.1) is 0 Å². The molecular formula is C15H14F3NO4S2. The summed E-state index contributed by atoms with van der Waals surface area (Å²) in [5.41, 5.74) is -1.27. The Bertz CT molecular complexity index is 833. The first kappa shape index (κ1) is 19.4. The van der Waals surface area contributed by atoms with Crippen LogP contribution in [0.4, 0.5) is 13.2 Å². The Labute approximate surface area is 146 Å². The number of carbonyl (C=O) groups excluding carboxylic acids is 1. The fourth-order valence-corrected chi connectivity index (χ4v) is 4.42. The molecule has 2 aromatic rings. The predicted molar refractivity (Wildman–Crippen MR) is 85.5 cm³/mol. The van der Waals surface area contributed by atoms with Gasteiger partial charge in [0.2, 0.25) is 10.0 Å². The number of sulfonamides is 1. The molecule has 0 fully saturated rings. The number of hydrogen-bond donors (Lipinski definition) is 1.